The van der Waals surface area contributed by atoms with Gasteiger partial charge < -0.3 is 0 Å². The average molecular weight is 377 g/mol. The van der Waals surface area contributed by atoms with E-state index in [1.807, 2.05) is 12.1 Å². The van der Waals surface area contributed by atoms with Crippen LogP contribution in [0.5, 0.6) is 5.75 Å². The average Bonchev–Trinajstić information content (AvgIpc) is 2.14. The maximum Gasteiger partial charge on any atom is 0.481 e. The van der Waals surface area contributed by atoms with E-state index in [0.29, 0.717) is 10.8 Å². The van der Waals surface area contributed by atoms with Crippen LogP contribution in [-0.4, -0.2) is 0 Å². The van der Waals surface area contributed by atoms with Crippen molar-refractivity contribution in [3.63, 3.8) is 0 Å². The van der Waals surface area contributed by atoms with Gasteiger partial charge in [-0.1, -0.05) is 53.1 Å². The number of halogens is 4. The highest BCUT2D eigenvalue weighted by Crippen LogP contribution is 2.74. The van der Waals surface area contributed by atoms with Crippen molar-refractivity contribution in [3.8, 4) is 5.75 Å². The molecule has 0 amide bonds. The fourth-order valence-electron chi connectivity index (χ4n) is 1.91. The Labute approximate surface area is 141 Å². The van der Waals surface area contributed by atoms with E-state index in [4.69, 9.17) is 49.8 Å². The number of benzene rings is 1. The van der Waals surface area contributed by atoms with Gasteiger partial charge in [0, 0.05) is 16.1 Å². The largest absolute Gasteiger partial charge is 0.481 e. The van der Waals surface area contributed by atoms with Crippen molar-refractivity contribution >= 4 is 50.9 Å². The van der Waals surface area contributed by atoms with Crippen molar-refractivity contribution in [2.45, 2.75) is 52.4 Å². The summed E-state index contributed by atoms with van der Waals surface area (Å²) in [6, 6.07) is 3.76. The van der Waals surface area contributed by atoms with Gasteiger partial charge in [-0.25, -0.2) is 0 Å². The Morgan fingerprint density at radius 1 is 0.850 bits per heavy atom. The molecule has 1 rings (SSSR count). The molecule has 0 atom stereocenters. The fourth-order valence-corrected chi connectivity index (χ4v) is 3.15. The van der Waals surface area contributed by atoms with Crippen LogP contribution in [0.1, 0.15) is 52.7 Å². The topological polar surface area (TPSA) is 9.23 Å². The highest BCUT2D eigenvalue weighted by atomic mass is 36.1. The van der Waals surface area contributed by atoms with Crippen molar-refractivity contribution in [1.82, 2.24) is 0 Å². The fraction of sp³-hybridized carbons (Fsp3) is 0.571. The normalized spacial score (nSPS) is 13.5. The quantitative estimate of drug-likeness (QED) is 0.480. The van der Waals surface area contributed by atoms with Crippen LogP contribution in [0.3, 0.4) is 0 Å². The van der Waals surface area contributed by atoms with Crippen LogP contribution in [0.2, 0.25) is 5.02 Å². The summed E-state index contributed by atoms with van der Waals surface area (Å²) in [5.74, 6) is 0.641. The molecule has 0 saturated carbocycles. The number of hydrogen-bond acceptors (Lipinski definition) is 1. The molecule has 0 N–H and O–H groups in total. The zero-order chi connectivity index (χ0) is 15.9. The van der Waals surface area contributed by atoms with Gasteiger partial charge in [0.2, 0.25) is 0 Å². The van der Waals surface area contributed by atoms with Gasteiger partial charge in [0.1, 0.15) is 0 Å². The van der Waals surface area contributed by atoms with Crippen LogP contribution in [0.15, 0.2) is 12.1 Å². The predicted molar refractivity (Wildman–Crippen MR) is 94.0 cm³/mol. The van der Waals surface area contributed by atoms with Crippen LogP contribution in [0.25, 0.3) is 0 Å². The van der Waals surface area contributed by atoms with Crippen LogP contribution < -0.4 is 4.52 Å². The molecule has 0 radical (unpaired) electrons. The lowest BCUT2D eigenvalue weighted by Gasteiger charge is -2.28. The second kappa shape index (κ2) is 6.01. The minimum absolute atomic E-state index is 0.167. The number of rotatable bonds is 2. The molecule has 0 bridgehead atoms. The van der Waals surface area contributed by atoms with Gasteiger partial charge in [-0.3, -0.25) is 4.52 Å². The summed E-state index contributed by atoms with van der Waals surface area (Å²) in [6.07, 6.45) is 0. The first-order valence-electron chi connectivity index (χ1n) is 6.24. The Morgan fingerprint density at radius 3 is 1.45 bits per heavy atom. The van der Waals surface area contributed by atoms with E-state index in [2.05, 4.69) is 41.5 Å². The summed E-state index contributed by atoms with van der Waals surface area (Å²) in [6.45, 7) is 12.5. The van der Waals surface area contributed by atoms with Crippen LogP contribution in [-0.2, 0) is 10.8 Å². The predicted octanol–water partition coefficient (Wildman–Crippen LogP) is 7.71. The van der Waals surface area contributed by atoms with Gasteiger partial charge in [-0.15, -0.1) is 0 Å². The molecule has 0 heterocycles. The van der Waals surface area contributed by atoms with Crippen LogP contribution in [0, 0.1) is 0 Å². The zero-order valence-corrected chi connectivity index (χ0v) is 16.4. The van der Waals surface area contributed by atoms with Gasteiger partial charge in [-0.05, 0) is 23.0 Å². The van der Waals surface area contributed by atoms with Crippen molar-refractivity contribution in [1.29, 1.82) is 0 Å². The Morgan fingerprint density at radius 2 is 1.20 bits per heavy atom. The van der Waals surface area contributed by atoms with Gasteiger partial charge in [-0.2, -0.15) is 0 Å². The first-order chi connectivity index (χ1) is 8.72. The molecule has 0 aliphatic heterocycles. The second-order valence-corrected chi connectivity index (χ2v) is 14.1. The molecule has 0 aliphatic carbocycles. The summed E-state index contributed by atoms with van der Waals surface area (Å²) in [5.41, 5.74) is -1.41. The van der Waals surface area contributed by atoms with E-state index in [-0.39, 0.29) is 10.8 Å². The Kier molecular flexibility index (Phi) is 5.61. The third-order valence-electron chi connectivity index (χ3n) is 2.86. The summed E-state index contributed by atoms with van der Waals surface area (Å²) in [7, 11) is 0. The Balaban J connectivity index is 3.63. The zero-order valence-electron chi connectivity index (χ0n) is 12.5. The molecule has 0 fully saturated rings. The minimum Gasteiger partial charge on any atom is -0.294 e. The van der Waals surface area contributed by atoms with E-state index in [0.717, 1.165) is 11.1 Å². The first kappa shape index (κ1) is 18.7. The molecule has 0 unspecified atom stereocenters. The molecule has 0 aliphatic rings. The molecule has 114 valence electrons. The number of hydrogen-bond donors (Lipinski definition) is 0. The van der Waals surface area contributed by atoms with E-state index in [1.54, 1.807) is 0 Å². The van der Waals surface area contributed by atoms with E-state index >= 15 is 0 Å². The third kappa shape index (κ3) is 5.11. The molecule has 1 aromatic rings. The van der Waals surface area contributed by atoms with Gasteiger partial charge in [0.25, 0.3) is 0 Å². The standard InChI is InChI=1S/C14H20Cl4OP/c1-13(2,3)10-7-9(15)8-11(14(4,5)6)12(10)19-20(16,17)18/h7-8H,1-6H3/q+1. The molecule has 20 heavy (non-hydrogen) atoms. The van der Waals surface area contributed by atoms with Gasteiger partial charge >= 0.3 is 5.55 Å². The molecule has 1 aromatic carbocycles. The maximum atomic E-state index is 6.26. The lowest BCUT2D eigenvalue weighted by Crippen LogP contribution is -2.19. The SMILES string of the molecule is CC(C)(C)c1cc(Cl)cc(C(C)(C)C)c1O[P+](Cl)(Cl)Cl. The van der Waals surface area contributed by atoms with Crippen LogP contribution in [0.4, 0.5) is 0 Å². The highest BCUT2D eigenvalue weighted by molar-refractivity contribution is 8.30. The summed E-state index contributed by atoms with van der Waals surface area (Å²) < 4.78 is 5.72. The molecular formula is C14H20Cl4OP+. The minimum atomic E-state index is -2.97. The monoisotopic (exact) mass is 375 g/mol. The molecule has 0 saturated heterocycles. The summed E-state index contributed by atoms with van der Waals surface area (Å²) >= 11 is 24.1. The molecular weight excluding hydrogens is 357 g/mol. The lowest BCUT2D eigenvalue weighted by molar-refractivity contribution is 0.506. The first-order valence-corrected chi connectivity index (χ1v) is 11.0. The van der Waals surface area contributed by atoms with Gasteiger partial charge in [0.15, 0.2) is 39.5 Å². The summed E-state index contributed by atoms with van der Waals surface area (Å²) in [4.78, 5) is 0. The molecule has 1 nitrogen and oxygen atoms in total. The van der Waals surface area contributed by atoms with E-state index < -0.39 is 5.55 Å². The van der Waals surface area contributed by atoms with Crippen molar-refractivity contribution in [2.24, 2.45) is 0 Å². The van der Waals surface area contributed by atoms with Crippen molar-refractivity contribution in [3.05, 3.63) is 28.3 Å². The summed E-state index contributed by atoms with van der Waals surface area (Å²) in [5, 5.41) is 0.662. The Bertz CT molecular complexity index is 460. The molecule has 6 heteroatoms. The van der Waals surface area contributed by atoms with Crippen LogP contribution >= 0.6 is 50.9 Å². The van der Waals surface area contributed by atoms with Crippen molar-refractivity contribution < 1.29 is 4.52 Å². The van der Waals surface area contributed by atoms with E-state index in [9.17, 15) is 0 Å². The van der Waals surface area contributed by atoms with Crippen molar-refractivity contribution in [2.75, 3.05) is 0 Å². The van der Waals surface area contributed by atoms with Gasteiger partial charge in [0.05, 0.1) is 0 Å². The second-order valence-electron chi connectivity index (χ2n) is 6.82. The molecule has 0 spiro atoms. The van der Waals surface area contributed by atoms with E-state index in [1.165, 1.54) is 0 Å². The smallest absolute Gasteiger partial charge is 0.294 e. The third-order valence-corrected chi connectivity index (χ3v) is 4.09. The lowest BCUT2D eigenvalue weighted by atomic mass is 9.79. The Hall–Kier alpha value is 0.610. The highest BCUT2D eigenvalue weighted by Gasteiger charge is 2.41. The maximum absolute atomic E-state index is 6.26. The molecule has 0 aromatic heterocycles.